The van der Waals surface area contributed by atoms with Gasteiger partial charge in [-0.1, -0.05) is 24.6 Å². The number of carbonyl (C=O) groups is 1. The van der Waals surface area contributed by atoms with Crippen LogP contribution in [0.25, 0.3) is 10.9 Å². The number of nitrogens with zero attached hydrogens (tertiary/aromatic N) is 2. The second-order valence-corrected chi connectivity index (χ2v) is 10.1. The maximum Gasteiger partial charge on any atom is 0.252 e. The molecule has 32 heavy (non-hydrogen) atoms. The fourth-order valence-electron chi connectivity index (χ4n) is 4.20. The third-order valence-electron chi connectivity index (χ3n) is 6.01. The average Bonchev–Trinajstić information content (AvgIpc) is 2.80. The van der Waals surface area contributed by atoms with Gasteiger partial charge in [-0.25, -0.2) is 8.42 Å². The monoisotopic (exact) mass is 453 g/mol. The van der Waals surface area contributed by atoms with E-state index in [2.05, 4.69) is 5.32 Å². The number of pyridine rings is 1. The summed E-state index contributed by atoms with van der Waals surface area (Å²) in [5, 5.41) is 3.71. The fraction of sp³-hybridized carbons (Fsp3) is 0.333. The van der Waals surface area contributed by atoms with Crippen LogP contribution in [0, 0.1) is 6.92 Å². The van der Waals surface area contributed by atoms with Crippen molar-refractivity contribution in [1.82, 2.24) is 8.87 Å². The zero-order valence-electron chi connectivity index (χ0n) is 18.2. The maximum absolute atomic E-state index is 12.9. The molecular formula is C24H27N3O4S. The lowest BCUT2D eigenvalue weighted by atomic mass is 10.1. The van der Waals surface area contributed by atoms with Crippen LogP contribution in [0.3, 0.4) is 0 Å². The van der Waals surface area contributed by atoms with E-state index in [1.165, 1.54) is 27.1 Å². The summed E-state index contributed by atoms with van der Waals surface area (Å²) in [7, 11) is -3.53. The van der Waals surface area contributed by atoms with Gasteiger partial charge in [0.2, 0.25) is 15.9 Å². The standard InChI is InChI=1S/C24H27N3O4S/c1-17-16-23(28)27(22-9-5-4-8-21(17)22)18(2)24(29)25-19-10-12-20(13-11-19)32(30,31)26-14-6-3-7-15-26/h4-5,8-13,16,18H,3,6-7,14-15H2,1-2H3,(H,25,29). The van der Waals surface area contributed by atoms with Crippen molar-refractivity contribution in [2.45, 2.75) is 44.0 Å². The first-order valence-electron chi connectivity index (χ1n) is 10.8. The summed E-state index contributed by atoms with van der Waals surface area (Å²) < 4.78 is 28.6. The molecule has 1 amide bonds. The zero-order valence-corrected chi connectivity index (χ0v) is 19.1. The summed E-state index contributed by atoms with van der Waals surface area (Å²) in [4.78, 5) is 25.8. The van der Waals surface area contributed by atoms with Crippen molar-refractivity contribution in [3.8, 4) is 0 Å². The molecule has 1 atom stereocenters. The first-order chi connectivity index (χ1) is 15.3. The summed E-state index contributed by atoms with van der Waals surface area (Å²) in [6.07, 6.45) is 2.80. The summed E-state index contributed by atoms with van der Waals surface area (Å²) >= 11 is 0. The number of fused-ring (bicyclic) bond motifs is 1. The van der Waals surface area contributed by atoms with E-state index in [-0.39, 0.29) is 16.4 Å². The number of anilines is 1. The molecule has 0 aliphatic carbocycles. The second kappa shape index (κ2) is 8.88. The number of amides is 1. The van der Waals surface area contributed by atoms with E-state index >= 15 is 0 Å². The summed E-state index contributed by atoms with van der Waals surface area (Å²) in [6, 6.07) is 14.5. The lowest BCUT2D eigenvalue weighted by Gasteiger charge is -2.26. The highest BCUT2D eigenvalue weighted by atomic mass is 32.2. The molecular weight excluding hydrogens is 426 g/mol. The van der Waals surface area contributed by atoms with Gasteiger partial charge in [-0.05, 0) is 62.6 Å². The Morgan fingerprint density at radius 1 is 1.00 bits per heavy atom. The fourth-order valence-corrected chi connectivity index (χ4v) is 5.71. The van der Waals surface area contributed by atoms with E-state index in [0.717, 1.165) is 30.2 Å². The van der Waals surface area contributed by atoms with E-state index < -0.39 is 16.1 Å². The minimum atomic E-state index is -3.53. The van der Waals surface area contributed by atoms with Gasteiger partial charge in [-0.15, -0.1) is 0 Å². The van der Waals surface area contributed by atoms with Crippen LogP contribution < -0.4 is 10.9 Å². The van der Waals surface area contributed by atoms with Gasteiger partial charge >= 0.3 is 0 Å². The minimum absolute atomic E-state index is 0.214. The molecule has 1 aliphatic heterocycles. The molecule has 4 rings (SSSR count). The molecule has 168 valence electrons. The Kier molecular flexibility index (Phi) is 6.17. The molecule has 1 aromatic heterocycles. The molecule has 7 nitrogen and oxygen atoms in total. The number of sulfonamides is 1. The van der Waals surface area contributed by atoms with Crippen LogP contribution in [0.2, 0.25) is 0 Å². The topological polar surface area (TPSA) is 88.5 Å². The molecule has 8 heteroatoms. The normalized spacial score (nSPS) is 16.1. The van der Waals surface area contributed by atoms with Gasteiger partial charge in [0.25, 0.3) is 5.56 Å². The highest BCUT2D eigenvalue weighted by molar-refractivity contribution is 7.89. The highest BCUT2D eigenvalue weighted by Crippen LogP contribution is 2.23. The SMILES string of the molecule is Cc1cc(=O)n(C(C)C(=O)Nc2ccc(S(=O)(=O)N3CCCCC3)cc2)c2ccccc12. The Hall–Kier alpha value is -2.97. The van der Waals surface area contributed by atoms with Gasteiger partial charge in [0, 0.05) is 30.2 Å². The van der Waals surface area contributed by atoms with E-state index in [0.29, 0.717) is 24.3 Å². The molecule has 0 bridgehead atoms. The Bertz CT molecular complexity index is 1310. The molecule has 3 aromatic rings. The third kappa shape index (κ3) is 4.20. The highest BCUT2D eigenvalue weighted by Gasteiger charge is 2.26. The largest absolute Gasteiger partial charge is 0.324 e. The number of rotatable bonds is 5. The molecule has 1 N–H and O–H groups in total. The number of benzene rings is 2. The van der Waals surface area contributed by atoms with Gasteiger partial charge in [0.05, 0.1) is 10.4 Å². The molecule has 0 spiro atoms. The number of aryl methyl sites for hydroxylation is 1. The van der Waals surface area contributed by atoms with Crippen LogP contribution in [0.1, 0.15) is 37.8 Å². The van der Waals surface area contributed by atoms with Crippen LogP contribution in [-0.4, -0.2) is 36.3 Å². The zero-order chi connectivity index (χ0) is 22.9. The predicted molar refractivity (Wildman–Crippen MR) is 125 cm³/mol. The smallest absolute Gasteiger partial charge is 0.252 e. The molecule has 0 saturated carbocycles. The van der Waals surface area contributed by atoms with E-state index in [9.17, 15) is 18.0 Å². The van der Waals surface area contributed by atoms with E-state index in [4.69, 9.17) is 0 Å². The van der Waals surface area contributed by atoms with Gasteiger partial charge in [0.1, 0.15) is 6.04 Å². The van der Waals surface area contributed by atoms with Crippen molar-refractivity contribution in [3.63, 3.8) is 0 Å². The maximum atomic E-state index is 12.9. The number of carbonyl (C=O) groups excluding carboxylic acids is 1. The molecule has 0 radical (unpaired) electrons. The molecule has 1 fully saturated rings. The molecule has 2 heterocycles. The van der Waals surface area contributed by atoms with Crippen molar-refractivity contribution in [2.24, 2.45) is 0 Å². The number of para-hydroxylation sites is 1. The van der Waals surface area contributed by atoms with Gasteiger partial charge in [-0.3, -0.25) is 14.2 Å². The number of aromatic nitrogens is 1. The predicted octanol–water partition coefficient (Wildman–Crippen LogP) is 3.68. The minimum Gasteiger partial charge on any atom is -0.324 e. The van der Waals surface area contributed by atoms with Gasteiger partial charge in [0.15, 0.2) is 0 Å². The van der Waals surface area contributed by atoms with E-state index in [1.807, 2.05) is 31.2 Å². The Morgan fingerprint density at radius 3 is 2.34 bits per heavy atom. The first kappa shape index (κ1) is 22.2. The molecule has 2 aromatic carbocycles. The Balaban J connectivity index is 1.55. The summed E-state index contributed by atoms with van der Waals surface area (Å²) in [5.74, 6) is -0.354. The van der Waals surface area contributed by atoms with Gasteiger partial charge in [-0.2, -0.15) is 4.31 Å². The van der Waals surface area contributed by atoms with Crippen molar-refractivity contribution in [3.05, 3.63) is 70.5 Å². The quantitative estimate of drug-likeness (QED) is 0.638. The van der Waals surface area contributed by atoms with Crippen LogP contribution in [0.15, 0.2) is 64.3 Å². The number of nitrogens with one attached hydrogen (secondary N) is 1. The molecule has 1 unspecified atom stereocenters. The summed E-state index contributed by atoms with van der Waals surface area (Å²) in [5.41, 5.74) is 1.79. The van der Waals surface area contributed by atoms with Crippen LogP contribution in [-0.2, 0) is 14.8 Å². The van der Waals surface area contributed by atoms with Crippen molar-refractivity contribution >= 4 is 32.5 Å². The number of piperidine rings is 1. The Morgan fingerprint density at radius 2 is 1.66 bits per heavy atom. The number of hydrogen-bond acceptors (Lipinski definition) is 4. The third-order valence-corrected chi connectivity index (χ3v) is 7.92. The van der Waals surface area contributed by atoms with Crippen LogP contribution in [0.5, 0.6) is 0 Å². The van der Waals surface area contributed by atoms with Crippen LogP contribution in [0.4, 0.5) is 5.69 Å². The van der Waals surface area contributed by atoms with Crippen molar-refractivity contribution < 1.29 is 13.2 Å². The first-order valence-corrected chi connectivity index (χ1v) is 12.2. The molecule has 1 aliphatic rings. The van der Waals surface area contributed by atoms with E-state index in [1.54, 1.807) is 19.1 Å². The van der Waals surface area contributed by atoms with Crippen molar-refractivity contribution in [1.29, 1.82) is 0 Å². The lowest BCUT2D eigenvalue weighted by molar-refractivity contribution is -0.118. The lowest BCUT2D eigenvalue weighted by Crippen LogP contribution is -2.35. The van der Waals surface area contributed by atoms with Crippen molar-refractivity contribution in [2.75, 3.05) is 18.4 Å². The Labute approximate surface area is 187 Å². The second-order valence-electron chi connectivity index (χ2n) is 8.21. The molecule has 1 saturated heterocycles. The van der Waals surface area contributed by atoms with Crippen LogP contribution >= 0.6 is 0 Å². The average molecular weight is 454 g/mol. The summed E-state index contributed by atoms with van der Waals surface area (Å²) in [6.45, 7) is 4.63. The number of hydrogen-bond donors (Lipinski definition) is 1. The van der Waals surface area contributed by atoms with Gasteiger partial charge < -0.3 is 5.32 Å².